The lowest BCUT2D eigenvalue weighted by Crippen LogP contribution is -2.10. The van der Waals surface area contributed by atoms with Gasteiger partial charge in [0.15, 0.2) is 0 Å². The molecule has 0 fully saturated rings. The number of benzene rings is 1. The minimum Gasteiger partial charge on any atom is -0.489 e. The van der Waals surface area contributed by atoms with E-state index in [4.69, 9.17) is 4.74 Å². The summed E-state index contributed by atoms with van der Waals surface area (Å²) in [5.74, 6) is 0.534. The number of aromatic nitrogens is 2. The van der Waals surface area contributed by atoms with Gasteiger partial charge >= 0.3 is 0 Å². The van der Waals surface area contributed by atoms with E-state index in [0.717, 1.165) is 17.0 Å². The number of thiazole rings is 1. The molecule has 1 amide bonds. The summed E-state index contributed by atoms with van der Waals surface area (Å²) >= 11 is 1.41. The quantitative estimate of drug-likeness (QED) is 0.739. The molecule has 2 aromatic heterocycles. The SMILES string of the molecule is CCc1ncc(C(=O)Nc2cccc(OCc3cccnc3)c2)s1. The van der Waals surface area contributed by atoms with E-state index in [-0.39, 0.29) is 5.91 Å². The first kappa shape index (κ1) is 16.1. The topological polar surface area (TPSA) is 64.1 Å². The number of hydrogen-bond acceptors (Lipinski definition) is 5. The fraction of sp³-hybridized carbons (Fsp3) is 0.167. The number of nitrogens with one attached hydrogen (secondary N) is 1. The van der Waals surface area contributed by atoms with Gasteiger partial charge in [-0.05, 0) is 24.6 Å². The van der Waals surface area contributed by atoms with E-state index in [9.17, 15) is 4.79 Å². The molecule has 0 radical (unpaired) electrons. The van der Waals surface area contributed by atoms with Crippen molar-refractivity contribution in [3.05, 3.63) is 70.4 Å². The molecule has 3 rings (SSSR count). The zero-order valence-corrected chi connectivity index (χ0v) is 14.0. The Kier molecular flexibility index (Phi) is 5.18. The first-order valence-corrected chi connectivity index (χ1v) is 8.44. The van der Waals surface area contributed by atoms with Gasteiger partial charge in [0.2, 0.25) is 0 Å². The smallest absolute Gasteiger partial charge is 0.267 e. The van der Waals surface area contributed by atoms with Crippen LogP contribution in [0, 0.1) is 0 Å². The minimum absolute atomic E-state index is 0.156. The highest BCUT2D eigenvalue weighted by atomic mass is 32.1. The van der Waals surface area contributed by atoms with Crippen molar-refractivity contribution >= 4 is 22.9 Å². The van der Waals surface area contributed by atoms with Crippen LogP contribution >= 0.6 is 11.3 Å². The highest BCUT2D eigenvalue weighted by Crippen LogP contribution is 2.20. The maximum atomic E-state index is 12.2. The van der Waals surface area contributed by atoms with Gasteiger partial charge in [0.25, 0.3) is 5.91 Å². The van der Waals surface area contributed by atoms with E-state index < -0.39 is 0 Å². The van der Waals surface area contributed by atoms with E-state index in [1.807, 2.05) is 37.3 Å². The Labute approximate surface area is 144 Å². The molecule has 1 N–H and O–H groups in total. The summed E-state index contributed by atoms with van der Waals surface area (Å²) in [6.07, 6.45) is 5.93. The van der Waals surface area contributed by atoms with Gasteiger partial charge in [-0.3, -0.25) is 9.78 Å². The van der Waals surface area contributed by atoms with Crippen molar-refractivity contribution in [2.24, 2.45) is 0 Å². The van der Waals surface area contributed by atoms with Gasteiger partial charge in [-0.1, -0.05) is 19.1 Å². The Morgan fingerprint density at radius 1 is 1.25 bits per heavy atom. The molecule has 1 aromatic carbocycles. The van der Waals surface area contributed by atoms with E-state index in [1.165, 1.54) is 11.3 Å². The third-order valence-corrected chi connectivity index (χ3v) is 4.44. The predicted molar refractivity (Wildman–Crippen MR) is 94.5 cm³/mol. The van der Waals surface area contributed by atoms with Crippen molar-refractivity contribution in [3.8, 4) is 5.75 Å². The Morgan fingerprint density at radius 3 is 2.92 bits per heavy atom. The molecule has 24 heavy (non-hydrogen) atoms. The summed E-state index contributed by atoms with van der Waals surface area (Å²) < 4.78 is 5.74. The largest absolute Gasteiger partial charge is 0.489 e. The van der Waals surface area contributed by atoms with Gasteiger partial charge < -0.3 is 10.1 Å². The number of rotatable bonds is 6. The van der Waals surface area contributed by atoms with Crippen LogP contribution in [0.3, 0.4) is 0 Å². The molecular formula is C18H17N3O2S. The molecule has 0 saturated carbocycles. The van der Waals surface area contributed by atoms with Crippen LogP contribution in [0.1, 0.15) is 27.2 Å². The molecule has 5 nitrogen and oxygen atoms in total. The standard InChI is InChI=1S/C18H17N3O2S/c1-2-17-20-11-16(24-17)18(22)21-14-6-3-7-15(9-14)23-12-13-5-4-8-19-10-13/h3-11H,2,12H2,1H3,(H,21,22). The summed E-state index contributed by atoms with van der Waals surface area (Å²) in [7, 11) is 0. The summed E-state index contributed by atoms with van der Waals surface area (Å²) in [6.45, 7) is 2.45. The van der Waals surface area contributed by atoms with Crippen molar-refractivity contribution in [1.82, 2.24) is 9.97 Å². The van der Waals surface area contributed by atoms with E-state index in [1.54, 1.807) is 24.7 Å². The molecule has 0 aliphatic carbocycles. The monoisotopic (exact) mass is 339 g/mol. The molecule has 6 heteroatoms. The normalized spacial score (nSPS) is 10.4. The van der Waals surface area contributed by atoms with Gasteiger partial charge in [0, 0.05) is 29.7 Å². The maximum absolute atomic E-state index is 12.2. The van der Waals surface area contributed by atoms with Gasteiger partial charge in [0.05, 0.1) is 11.2 Å². The molecule has 3 aromatic rings. The number of amides is 1. The molecule has 0 bridgehead atoms. The van der Waals surface area contributed by atoms with Gasteiger partial charge in [-0.15, -0.1) is 11.3 Å². The van der Waals surface area contributed by atoms with Crippen LogP contribution in [-0.4, -0.2) is 15.9 Å². The molecule has 0 aliphatic heterocycles. The molecule has 0 aliphatic rings. The Balaban J connectivity index is 1.63. The van der Waals surface area contributed by atoms with Gasteiger partial charge in [0.1, 0.15) is 17.2 Å². The average molecular weight is 339 g/mol. The summed E-state index contributed by atoms with van der Waals surface area (Å²) in [5.41, 5.74) is 1.68. The number of anilines is 1. The summed E-state index contributed by atoms with van der Waals surface area (Å²) in [6, 6.07) is 11.2. The zero-order valence-electron chi connectivity index (χ0n) is 13.2. The lowest BCUT2D eigenvalue weighted by Gasteiger charge is -2.08. The van der Waals surface area contributed by atoms with Crippen LogP contribution in [0.15, 0.2) is 55.0 Å². The lowest BCUT2D eigenvalue weighted by molar-refractivity contribution is 0.103. The van der Waals surface area contributed by atoms with E-state index in [0.29, 0.717) is 22.9 Å². The molecule has 2 heterocycles. The number of aryl methyl sites for hydroxylation is 1. The minimum atomic E-state index is -0.156. The number of nitrogens with zero attached hydrogens (tertiary/aromatic N) is 2. The Bertz CT molecular complexity index is 818. The molecular weight excluding hydrogens is 322 g/mol. The van der Waals surface area contributed by atoms with E-state index >= 15 is 0 Å². The van der Waals surface area contributed by atoms with Crippen molar-refractivity contribution in [2.75, 3.05) is 5.32 Å². The number of carbonyl (C=O) groups excluding carboxylic acids is 1. The van der Waals surface area contributed by atoms with E-state index in [2.05, 4.69) is 15.3 Å². The second-order valence-corrected chi connectivity index (χ2v) is 6.22. The van der Waals surface area contributed by atoms with Crippen molar-refractivity contribution in [3.63, 3.8) is 0 Å². The molecule has 0 atom stereocenters. The zero-order chi connectivity index (χ0) is 16.8. The van der Waals surface area contributed by atoms with Crippen LogP contribution in [0.5, 0.6) is 5.75 Å². The molecule has 0 unspecified atom stereocenters. The number of hydrogen-bond donors (Lipinski definition) is 1. The number of ether oxygens (including phenoxy) is 1. The van der Waals surface area contributed by atoms with Crippen molar-refractivity contribution in [2.45, 2.75) is 20.0 Å². The predicted octanol–water partition coefficient (Wildman–Crippen LogP) is 3.93. The summed E-state index contributed by atoms with van der Waals surface area (Å²) in [4.78, 5) is 21.1. The third-order valence-electron chi connectivity index (χ3n) is 3.30. The fourth-order valence-electron chi connectivity index (χ4n) is 2.09. The third kappa shape index (κ3) is 4.17. The van der Waals surface area contributed by atoms with Crippen LogP contribution in [0.2, 0.25) is 0 Å². The number of pyridine rings is 1. The number of carbonyl (C=O) groups is 1. The summed E-state index contributed by atoms with van der Waals surface area (Å²) in [5, 5.41) is 3.83. The lowest BCUT2D eigenvalue weighted by atomic mass is 10.3. The highest BCUT2D eigenvalue weighted by molar-refractivity contribution is 7.13. The fourth-order valence-corrected chi connectivity index (χ4v) is 2.84. The van der Waals surface area contributed by atoms with Crippen LogP contribution in [-0.2, 0) is 13.0 Å². The van der Waals surface area contributed by atoms with Gasteiger partial charge in [-0.2, -0.15) is 0 Å². The second-order valence-electron chi connectivity index (χ2n) is 5.10. The van der Waals surface area contributed by atoms with Crippen molar-refractivity contribution < 1.29 is 9.53 Å². The van der Waals surface area contributed by atoms with Crippen LogP contribution in [0.4, 0.5) is 5.69 Å². The Hall–Kier alpha value is -2.73. The Morgan fingerprint density at radius 2 is 2.17 bits per heavy atom. The first-order valence-electron chi connectivity index (χ1n) is 7.62. The first-order chi connectivity index (χ1) is 11.7. The molecule has 122 valence electrons. The molecule has 0 saturated heterocycles. The van der Waals surface area contributed by atoms with Gasteiger partial charge in [-0.25, -0.2) is 4.98 Å². The van der Waals surface area contributed by atoms with Crippen LogP contribution < -0.4 is 10.1 Å². The van der Waals surface area contributed by atoms with Crippen molar-refractivity contribution in [1.29, 1.82) is 0 Å². The molecule has 0 spiro atoms. The maximum Gasteiger partial charge on any atom is 0.267 e. The second kappa shape index (κ2) is 7.70. The highest BCUT2D eigenvalue weighted by Gasteiger charge is 2.10. The average Bonchev–Trinajstić information content (AvgIpc) is 3.11. The van der Waals surface area contributed by atoms with Crippen LogP contribution in [0.25, 0.3) is 0 Å².